The summed E-state index contributed by atoms with van der Waals surface area (Å²) in [5.74, 6) is -0.242. The van der Waals surface area contributed by atoms with Crippen LogP contribution in [-0.2, 0) is 9.59 Å². The Labute approximate surface area is 94.1 Å². The van der Waals surface area contributed by atoms with Gasteiger partial charge in [0.1, 0.15) is 10.8 Å². The van der Waals surface area contributed by atoms with Gasteiger partial charge in [0, 0.05) is 4.90 Å². The Kier molecular flexibility index (Phi) is 4.91. The minimum Gasteiger partial charge on any atom is -0.207 e. The molecule has 1 aromatic heterocycles. The van der Waals surface area contributed by atoms with Crippen molar-refractivity contribution in [1.82, 2.24) is 15.4 Å². The monoisotopic (exact) mass is 239 g/mol. The van der Waals surface area contributed by atoms with E-state index in [4.69, 9.17) is 9.59 Å². The highest BCUT2D eigenvalue weighted by Gasteiger charge is 2.00. The summed E-state index contributed by atoms with van der Waals surface area (Å²) in [6.45, 7) is 0. The van der Waals surface area contributed by atoms with E-state index >= 15 is 0 Å². The molecule has 2 rings (SSSR count). The van der Waals surface area contributed by atoms with Gasteiger partial charge in [-0.05, 0) is 18.2 Å². The number of aromatic amines is 1. The molecule has 16 heavy (non-hydrogen) atoms. The standard InChI is InChI=1S/C8H6FN3S.CO2/c9-6-2-1-3-7(4-6)13-8-5-10-12-11-8;2-1-3/h1-5H,(H,10,11,12);. The van der Waals surface area contributed by atoms with Crippen LogP contribution in [0.5, 0.6) is 0 Å². The molecule has 0 atom stereocenters. The number of hydrogen-bond donors (Lipinski definition) is 1. The summed E-state index contributed by atoms with van der Waals surface area (Å²) in [5.41, 5.74) is 0. The normalized spacial score (nSPS) is 8.81. The second kappa shape index (κ2) is 6.49. The van der Waals surface area contributed by atoms with Crippen LogP contribution in [0.3, 0.4) is 0 Å². The molecule has 1 N–H and O–H groups in total. The molecule has 82 valence electrons. The number of nitrogens with one attached hydrogen (secondary N) is 1. The number of rotatable bonds is 2. The molecule has 7 heteroatoms. The van der Waals surface area contributed by atoms with Gasteiger partial charge in [0.2, 0.25) is 0 Å². The summed E-state index contributed by atoms with van der Waals surface area (Å²) in [4.78, 5) is 17.1. The summed E-state index contributed by atoms with van der Waals surface area (Å²) in [5, 5.41) is 10.7. The molecular formula is C9H6FN3O2S. The van der Waals surface area contributed by atoms with Crippen molar-refractivity contribution in [1.29, 1.82) is 0 Å². The van der Waals surface area contributed by atoms with E-state index in [0.29, 0.717) is 0 Å². The minimum atomic E-state index is -0.242. The summed E-state index contributed by atoms with van der Waals surface area (Å²) >= 11 is 1.36. The molecule has 0 saturated carbocycles. The molecule has 0 aliphatic rings. The molecule has 0 spiro atoms. The van der Waals surface area contributed by atoms with Crippen molar-refractivity contribution >= 4 is 17.9 Å². The molecule has 2 aromatic rings. The first-order chi connectivity index (χ1) is 7.76. The lowest BCUT2D eigenvalue weighted by molar-refractivity contribution is -0.191. The van der Waals surface area contributed by atoms with E-state index in [2.05, 4.69) is 15.4 Å². The quantitative estimate of drug-likeness (QED) is 0.859. The fourth-order valence-electron chi connectivity index (χ4n) is 0.892. The largest absolute Gasteiger partial charge is 0.373 e. The van der Waals surface area contributed by atoms with Crippen LogP contribution in [0.15, 0.2) is 40.4 Å². The Hall–Kier alpha value is -1.98. The van der Waals surface area contributed by atoms with Crippen molar-refractivity contribution in [3.8, 4) is 0 Å². The van der Waals surface area contributed by atoms with Crippen molar-refractivity contribution in [3.05, 3.63) is 36.3 Å². The van der Waals surface area contributed by atoms with Gasteiger partial charge in [-0.2, -0.15) is 19.9 Å². The zero-order chi connectivity index (χ0) is 11.8. The van der Waals surface area contributed by atoms with E-state index in [-0.39, 0.29) is 12.0 Å². The number of H-pyrrole nitrogens is 1. The van der Waals surface area contributed by atoms with E-state index < -0.39 is 0 Å². The lowest BCUT2D eigenvalue weighted by Gasteiger charge is -1.95. The van der Waals surface area contributed by atoms with Crippen LogP contribution in [0.4, 0.5) is 4.39 Å². The number of nitrogens with zero attached hydrogens (tertiary/aromatic N) is 2. The summed E-state index contributed by atoms with van der Waals surface area (Å²) < 4.78 is 12.7. The lowest BCUT2D eigenvalue weighted by atomic mass is 10.4. The zero-order valence-corrected chi connectivity index (χ0v) is 8.70. The molecule has 0 bridgehead atoms. The Balaban J connectivity index is 0.000000386. The first-order valence-electron chi connectivity index (χ1n) is 4.04. The summed E-state index contributed by atoms with van der Waals surface area (Å²) in [6.07, 6.45) is 1.84. The van der Waals surface area contributed by atoms with E-state index in [1.165, 1.54) is 23.9 Å². The fraction of sp³-hybridized carbons (Fsp3) is 0. The highest BCUT2D eigenvalue weighted by molar-refractivity contribution is 7.99. The zero-order valence-electron chi connectivity index (χ0n) is 7.88. The second-order valence-corrected chi connectivity index (χ2v) is 3.54. The van der Waals surface area contributed by atoms with Gasteiger partial charge in [-0.25, -0.2) is 4.39 Å². The van der Waals surface area contributed by atoms with Crippen LogP contribution in [0.25, 0.3) is 0 Å². The Bertz CT molecular complexity index is 469. The van der Waals surface area contributed by atoms with Gasteiger partial charge >= 0.3 is 6.15 Å². The van der Waals surface area contributed by atoms with E-state index in [9.17, 15) is 4.39 Å². The van der Waals surface area contributed by atoms with Crippen LogP contribution in [0, 0.1) is 5.82 Å². The Morgan fingerprint density at radius 1 is 1.38 bits per heavy atom. The van der Waals surface area contributed by atoms with Crippen LogP contribution in [0.1, 0.15) is 0 Å². The maximum absolute atomic E-state index is 12.7. The third kappa shape index (κ3) is 4.04. The predicted molar refractivity (Wildman–Crippen MR) is 51.9 cm³/mol. The van der Waals surface area contributed by atoms with Crippen LogP contribution in [-0.4, -0.2) is 21.6 Å². The van der Waals surface area contributed by atoms with Crippen molar-refractivity contribution in [2.45, 2.75) is 9.92 Å². The molecule has 0 aliphatic carbocycles. The number of hydrogen-bond acceptors (Lipinski definition) is 5. The number of benzene rings is 1. The molecular weight excluding hydrogens is 233 g/mol. The minimum absolute atomic E-state index is 0.242. The maximum Gasteiger partial charge on any atom is 0.373 e. The van der Waals surface area contributed by atoms with Crippen molar-refractivity contribution in [2.24, 2.45) is 0 Å². The van der Waals surface area contributed by atoms with Gasteiger partial charge in [0.15, 0.2) is 0 Å². The van der Waals surface area contributed by atoms with Gasteiger partial charge in [-0.1, -0.05) is 17.8 Å². The smallest absolute Gasteiger partial charge is 0.207 e. The second-order valence-electron chi connectivity index (χ2n) is 2.45. The van der Waals surface area contributed by atoms with Gasteiger partial charge in [0.05, 0.1) is 6.20 Å². The van der Waals surface area contributed by atoms with Gasteiger partial charge in [-0.15, -0.1) is 5.10 Å². The molecule has 0 fully saturated rings. The molecule has 0 radical (unpaired) electrons. The summed E-state index contributed by atoms with van der Waals surface area (Å²) in [6, 6.07) is 6.35. The number of carbonyl (C=O) groups excluding carboxylic acids is 2. The van der Waals surface area contributed by atoms with Gasteiger partial charge in [-0.3, -0.25) is 0 Å². The SMILES string of the molecule is Fc1cccc(Sc2cn[nH]n2)c1.O=C=O. The molecule has 5 nitrogen and oxygen atoms in total. The van der Waals surface area contributed by atoms with E-state index in [1.807, 2.05) is 6.07 Å². The average Bonchev–Trinajstić information content (AvgIpc) is 2.71. The molecule has 1 aromatic carbocycles. The van der Waals surface area contributed by atoms with E-state index in [0.717, 1.165) is 9.92 Å². The average molecular weight is 239 g/mol. The van der Waals surface area contributed by atoms with Gasteiger partial charge < -0.3 is 0 Å². The third-order valence-electron chi connectivity index (χ3n) is 1.41. The van der Waals surface area contributed by atoms with Gasteiger partial charge in [0.25, 0.3) is 0 Å². The van der Waals surface area contributed by atoms with Crippen LogP contribution in [0.2, 0.25) is 0 Å². The molecule has 0 unspecified atom stereocenters. The summed E-state index contributed by atoms with van der Waals surface area (Å²) in [7, 11) is 0. The highest BCUT2D eigenvalue weighted by atomic mass is 32.2. The van der Waals surface area contributed by atoms with Crippen molar-refractivity contribution < 1.29 is 14.0 Å². The molecule has 0 aliphatic heterocycles. The van der Waals surface area contributed by atoms with Crippen LogP contribution >= 0.6 is 11.8 Å². The third-order valence-corrected chi connectivity index (χ3v) is 2.31. The predicted octanol–water partition coefficient (Wildman–Crippen LogP) is 1.51. The first kappa shape index (κ1) is 12.1. The van der Waals surface area contributed by atoms with E-state index in [1.54, 1.807) is 12.3 Å². The Morgan fingerprint density at radius 3 is 2.69 bits per heavy atom. The van der Waals surface area contributed by atoms with Crippen molar-refractivity contribution in [2.75, 3.05) is 0 Å². The topological polar surface area (TPSA) is 75.7 Å². The molecule has 0 amide bonds. The fourth-order valence-corrected chi connectivity index (χ4v) is 1.64. The maximum atomic E-state index is 12.7. The Morgan fingerprint density at radius 2 is 2.12 bits per heavy atom. The molecule has 1 heterocycles. The highest BCUT2D eigenvalue weighted by Crippen LogP contribution is 2.24. The lowest BCUT2D eigenvalue weighted by Crippen LogP contribution is -1.76. The van der Waals surface area contributed by atoms with Crippen molar-refractivity contribution in [3.63, 3.8) is 0 Å². The van der Waals surface area contributed by atoms with Crippen LogP contribution < -0.4 is 0 Å². The molecule has 0 saturated heterocycles. The number of halogens is 1. The number of aromatic nitrogens is 3. The first-order valence-corrected chi connectivity index (χ1v) is 4.86.